The maximum atomic E-state index is 12.5. The third kappa shape index (κ3) is 5.60. The number of likely N-dealkylation sites (tertiary alicyclic amines) is 1. The molecule has 1 unspecified atom stereocenters. The fourth-order valence-corrected chi connectivity index (χ4v) is 3.66. The summed E-state index contributed by atoms with van der Waals surface area (Å²) in [5.41, 5.74) is 2.04. The van der Waals surface area contributed by atoms with Gasteiger partial charge in [0.05, 0.1) is 32.4 Å². The summed E-state index contributed by atoms with van der Waals surface area (Å²) in [6.45, 7) is 2.49. The zero-order valence-electron chi connectivity index (χ0n) is 17.4. The van der Waals surface area contributed by atoms with Crippen molar-refractivity contribution in [2.24, 2.45) is 0 Å². The van der Waals surface area contributed by atoms with Crippen molar-refractivity contribution < 1.29 is 14.3 Å². The van der Waals surface area contributed by atoms with Crippen molar-refractivity contribution in [3.63, 3.8) is 0 Å². The second-order valence-corrected chi connectivity index (χ2v) is 7.34. The van der Waals surface area contributed by atoms with Gasteiger partial charge in [-0.15, -0.1) is 0 Å². The number of nitrogens with one attached hydrogen (secondary N) is 1. The van der Waals surface area contributed by atoms with Crippen LogP contribution in [0.2, 0.25) is 0 Å². The van der Waals surface area contributed by atoms with Gasteiger partial charge in [0.15, 0.2) is 11.5 Å². The van der Waals surface area contributed by atoms with Crippen LogP contribution in [0.4, 0.5) is 0 Å². The number of aromatic amines is 1. The number of likely N-dealkylation sites (N-methyl/N-ethyl adjacent to an activating group) is 1. The van der Waals surface area contributed by atoms with Crippen LogP contribution in [0.25, 0.3) is 6.08 Å². The zero-order valence-corrected chi connectivity index (χ0v) is 17.4. The lowest BCUT2D eigenvalue weighted by Crippen LogP contribution is -2.48. The average molecular weight is 399 g/mol. The highest BCUT2D eigenvalue weighted by Gasteiger charge is 2.25. The fourth-order valence-electron chi connectivity index (χ4n) is 3.66. The molecule has 1 saturated heterocycles. The molecule has 7 heteroatoms. The first kappa shape index (κ1) is 20.9. The van der Waals surface area contributed by atoms with Gasteiger partial charge in [0.2, 0.25) is 5.91 Å². The van der Waals surface area contributed by atoms with Crippen LogP contribution in [0.5, 0.6) is 11.5 Å². The molecule has 1 N–H and O–H groups in total. The van der Waals surface area contributed by atoms with Crippen LogP contribution in [0.1, 0.15) is 24.1 Å². The van der Waals surface area contributed by atoms with E-state index in [1.165, 1.54) is 5.56 Å². The van der Waals surface area contributed by atoms with Crippen LogP contribution in [0.3, 0.4) is 0 Å². The SMILES string of the molecule is COc1ccc(CCN(C)C2CCCN(C(=O)C=Cc3cnc[nH]3)C2)cc1OC. The van der Waals surface area contributed by atoms with E-state index in [-0.39, 0.29) is 5.91 Å². The van der Waals surface area contributed by atoms with Gasteiger partial charge in [0, 0.05) is 31.8 Å². The maximum absolute atomic E-state index is 12.5. The van der Waals surface area contributed by atoms with E-state index in [1.54, 1.807) is 38.9 Å². The third-order valence-electron chi connectivity index (χ3n) is 5.46. The molecule has 29 heavy (non-hydrogen) atoms. The lowest BCUT2D eigenvalue weighted by molar-refractivity contribution is -0.127. The number of methoxy groups -OCH3 is 2. The molecule has 1 aliphatic heterocycles. The molecule has 1 amide bonds. The van der Waals surface area contributed by atoms with E-state index in [0.29, 0.717) is 6.04 Å². The van der Waals surface area contributed by atoms with Gasteiger partial charge >= 0.3 is 0 Å². The Balaban J connectivity index is 1.52. The number of carbonyl (C=O) groups is 1. The van der Waals surface area contributed by atoms with E-state index in [9.17, 15) is 4.79 Å². The van der Waals surface area contributed by atoms with E-state index in [0.717, 1.165) is 56.1 Å². The normalized spacial score (nSPS) is 17.1. The molecule has 156 valence electrons. The monoisotopic (exact) mass is 398 g/mol. The number of piperidine rings is 1. The van der Waals surface area contributed by atoms with Crippen LogP contribution in [-0.4, -0.2) is 72.6 Å². The summed E-state index contributed by atoms with van der Waals surface area (Å²) in [4.78, 5) is 23.8. The van der Waals surface area contributed by atoms with Crippen LogP contribution in [-0.2, 0) is 11.2 Å². The summed E-state index contributed by atoms with van der Waals surface area (Å²) in [6.07, 6.45) is 9.75. The minimum absolute atomic E-state index is 0.0533. The van der Waals surface area contributed by atoms with Gasteiger partial charge in [-0.3, -0.25) is 4.79 Å². The Morgan fingerprint density at radius 3 is 2.90 bits per heavy atom. The first-order valence-electron chi connectivity index (χ1n) is 9.97. The highest BCUT2D eigenvalue weighted by atomic mass is 16.5. The van der Waals surface area contributed by atoms with Crippen LogP contribution in [0, 0.1) is 0 Å². The van der Waals surface area contributed by atoms with Crippen LogP contribution < -0.4 is 9.47 Å². The van der Waals surface area contributed by atoms with Gasteiger partial charge in [0.1, 0.15) is 0 Å². The van der Waals surface area contributed by atoms with Gasteiger partial charge in [0.25, 0.3) is 0 Å². The Labute approximate surface area is 172 Å². The van der Waals surface area contributed by atoms with Crippen molar-refractivity contribution in [2.45, 2.75) is 25.3 Å². The lowest BCUT2D eigenvalue weighted by atomic mass is 10.0. The molecule has 0 saturated carbocycles. The van der Waals surface area contributed by atoms with Crippen molar-refractivity contribution in [3.05, 3.63) is 48.1 Å². The van der Waals surface area contributed by atoms with E-state index >= 15 is 0 Å². The highest BCUT2D eigenvalue weighted by Crippen LogP contribution is 2.28. The molecule has 0 radical (unpaired) electrons. The van der Waals surface area contributed by atoms with Gasteiger partial charge in [-0.1, -0.05) is 6.07 Å². The molecule has 1 aromatic heterocycles. The predicted molar refractivity (Wildman–Crippen MR) is 113 cm³/mol. The van der Waals surface area contributed by atoms with E-state index in [4.69, 9.17) is 9.47 Å². The number of amides is 1. The quantitative estimate of drug-likeness (QED) is 0.692. The molecular formula is C22H30N4O3. The number of aromatic nitrogens is 2. The summed E-state index contributed by atoms with van der Waals surface area (Å²) in [6, 6.07) is 6.42. The maximum Gasteiger partial charge on any atom is 0.246 e. The van der Waals surface area contributed by atoms with Crippen LogP contribution in [0.15, 0.2) is 36.8 Å². The summed E-state index contributed by atoms with van der Waals surface area (Å²) in [5, 5.41) is 0. The molecule has 1 fully saturated rings. The number of H-pyrrole nitrogens is 1. The second-order valence-electron chi connectivity index (χ2n) is 7.34. The summed E-state index contributed by atoms with van der Waals surface area (Å²) in [7, 11) is 5.44. The predicted octanol–water partition coefficient (Wildman–Crippen LogP) is 2.61. The average Bonchev–Trinajstić information content (AvgIpc) is 3.29. The molecular weight excluding hydrogens is 368 g/mol. The minimum atomic E-state index is 0.0533. The van der Waals surface area contributed by atoms with Crippen molar-refractivity contribution in [1.82, 2.24) is 19.8 Å². The van der Waals surface area contributed by atoms with Crippen molar-refractivity contribution in [3.8, 4) is 11.5 Å². The van der Waals surface area contributed by atoms with E-state index in [2.05, 4.69) is 28.0 Å². The number of imidazole rings is 1. The second kappa shape index (κ2) is 10.1. The fraction of sp³-hybridized carbons (Fsp3) is 0.455. The number of hydrogen-bond donors (Lipinski definition) is 1. The first-order valence-corrected chi connectivity index (χ1v) is 9.97. The van der Waals surface area contributed by atoms with Gasteiger partial charge in [-0.25, -0.2) is 4.98 Å². The van der Waals surface area contributed by atoms with Crippen molar-refractivity contribution in [2.75, 3.05) is 40.9 Å². The minimum Gasteiger partial charge on any atom is -0.493 e. The molecule has 2 heterocycles. The molecule has 3 rings (SSSR count). The Bertz CT molecular complexity index is 819. The number of nitrogens with zero attached hydrogens (tertiary/aromatic N) is 3. The zero-order chi connectivity index (χ0) is 20.6. The van der Waals surface area contributed by atoms with Crippen molar-refractivity contribution >= 4 is 12.0 Å². The third-order valence-corrected chi connectivity index (χ3v) is 5.46. The smallest absolute Gasteiger partial charge is 0.246 e. The van der Waals surface area contributed by atoms with Gasteiger partial charge in [-0.05, 0) is 50.1 Å². The molecule has 0 aliphatic carbocycles. The molecule has 1 aromatic carbocycles. The molecule has 7 nitrogen and oxygen atoms in total. The number of benzene rings is 1. The number of ether oxygens (including phenoxy) is 2. The molecule has 0 bridgehead atoms. The van der Waals surface area contributed by atoms with E-state index in [1.807, 2.05) is 17.0 Å². The Morgan fingerprint density at radius 1 is 1.34 bits per heavy atom. The van der Waals surface area contributed by atoms with Crippen molar-refractivity contribution in [1.29, 1.82) is 0 Å². The Hall–Kier alpha value is -2.80. The summed E-state index contributed by atoms with van der Waals surface area (Å²) >= 11 is 0. The molecule has 1 atom stereocenters. The topological polar surface area (TPSA) is 70.7 Å². The molecule has 2 aromatic rings. The summed E-state index contributed by atoms with van der Waals surface area (Å²) < 4.78 is 10.7. The number of hydrogen-bond acceptors (Lipinski definition) is 5. The molecule has 0 spiro atoms. The lowest BCUT2D eigenvalue weighted by Gasteiger charge is -2.37. The largest absolute Gasteiger partial charge is 0.493 e. The Kier molecular flexibility index (Phi) is 7.30. The Morgan fingerprint density at radius 2 is 2.17 bits per heavy atom. The molecule has 1 aliphatic rings. The van der Waals surface area contributed by atoms with Gasteiger partial charge in [-0.2, -0.15) is 0 Å². The number of rotatable bonds is 8. The standard InChI is InChI=1S/C22H30N4O3/c1-25(12-10-17-6-8-20(28-2)21(13-17)29-3)19-5-4-11-26(15-19)22(27)9-7-18-14-23-16-24-18/h6-9,13-14,16,19H,4-5,10-12,15H2,1-3H3,(H,23,24). The summed E-state index contributed by atoms with van der Waals surface area (Å²) in [5.74, 6) is 1.55. The number of carbonyl (C=O) groups excluding carboxylic acids is 1. The van der Waals surface area contributed by atoms with E-state index < -0.39 is 0 Å². The van der Waals surface area contributed by atoms with Gasteiger partial charge < -0.3 is 24.3 Å². The highest BCUT2D eigenvalue weighted by molar-refractivity contribution is 5.91. The van der Waals surface area contributed by atoms with Crippen LogP contribution >= 0.6 is 0 Å². The first-order chi connectivity index (χ1) is 14.1.